The van der Waals surface area contributed by atoms with Crippen molar-refractivity contribution in [3.05, 3.63) is 85.3 Å². The highest BCUT2D eigenvalue weighted by molar-refractivity contribution is 9.10. The molecular weight excluding hydrogens is 528 g/mol. The molecule has 31 heavy (non-hydrogen) atoms. The number of nitrogens with two attached hydrogens (primary N) is 1. The van der Waals surface area contributed by atoms with Crippen LogP contribution >= 0.6 is 31.9 Å². The van der Waals surface area contributed by atoms with Crippen LogP contribution in [-0.2, 0) is 20.9 Å². The van der Waals surface area contributed by atoms with E-state index in [0.717, 1.165) is 14.5 Å². The van der Waals surface area contributed by atoms with Gasteiger partial charge in [0, 0.05) is 14.5 Å². The maximum atomic E-state index is 12.8. The summed E-state index contributed by atoms with van der Waals surface area (Å²) >= 11 is 6.89. The lowest BCUT2D eigenvalue weighted by molar-refractivity contribution is -0.139. The summed E-state index contributed by atoms with van der Waals surface area (Å²) in [5.41, 5.74) is 7.93. The Morgan fingerprint density at radius 3 is 2.52 bits per heavy atom. The van der Waals surface area contributed by atoms with Crippen molar-refractivity contribution in [1.82, 2.24) is 0 Å². The summed E-state index contributed by atoms with van der Waals surface area (Å²) in [6.07, 6.45) is 0. The predicted molar refractivity (Wildman–Crippen MR) is 123 cm³/mol. The smallest absolute Gasteiger partial charge is 0.338 e. The molecule has 6 nitrogen and oxygen atoms in total. The van der Waals surface area contributed by atoms with Crippen molar-refractivity contribution in [3.63, 3.8) is 0 Å². The van der Waals surface area contributed by atoms with Crippen LogP contribution in [-0.4, -0.2) is 12.6 Å². The van der Waals surface area contributed by atoms with Crippen molar-refractivity contribution in [2.24, 2.45) is 5.73 Å². The molecule has 1 aliphatic heterocycles. The van der Waals surface area contributed by atoms with Gasteiger partial charge in [-0.3, -0.25) is 0 Å². The van der Waals surface area contributed by atoms with Crippen molar-refractivity contribution < 1.29 is 19.0 Å². The number of allylic oxidation sites excluding steroid dienone is 2. The number of carbonyl (C=O) groups excluding carboxylic acids is 1. The van der Waals surface area contributed by atoms with Crippen LogP contribution in [0.15, 0.2) is 74.2 Å². The molecule has 2 aromatic rings. The van der Waals surface area contributed by atoms with Gasteiger partial charge in [0.1, 0.15) is 29.8 Å². The minimum atomic E-state index is -0.782. The summed E-state index contributed by atoms with van der Waals surface area (Å²) in [4.78, 5) is 12.8. The number of rotatable bonds is 6. The number of carbonyl (C=O) groups is 1. The van der Waals surface area contributed by atoms with Crippen LogP contribution in [0.25, 0.3) is 0 Å². The third-order valence-corrected chi connectivity index (χ3v) is 5.71. The second kappa shape index (κ2) is 10.0. The molecule has 3 rings (SSSR count). The van der Waals surface area contributed by atoms with Crippen molar-refractivity contribution in [2.75, 3.05) is 6.61 Å². The molecule has 1 atom stereocenters. The van der Waals surface area contributed by atoms with Gasteiger partial charge >= 0.3 is 5.97 Å². The van der Waals surface area contributed by atoms with E-state index in [9.17, 15) is 10.1 Å². The van der Waals surface area contributed by atoms with E-state index in [1.165, 1.54) is 0 Å². The highest BCUT2D eigenvalue weighted by Crippen LogP contribution is 2.44. The third-order valence-electron chi connectivity index (χ3n) is 4.69. The van der Waals surface area contributed by atoms with Gasteiger partial charge in [0.15, 0.2) is 0 Å². The molecule has 0 bridgehead atoms. The summed E-state index contributed by atoms with van der Waals surface area (Å²) < 4.78 is 18.6. The number of esters is 1. The fourth-order valence-electron chi connectivity index (χ4n) is 3.28. The molecule has 8 heteroatoms. The van der Waals surface area contributed by atoms with Gasteiger partial charge in [0.2, 0.25) is 5.88 Å². The Hall–Kier alpha value is -2.76. The molecule has 0 radical (unpaired) electrons. The van der Waals surface area contributed by atoms with Gasteiger partial charge in [-0.05, 0) is 49.7 Å². The molecule has 0 aromatic heterocycles. The first-order valence-corrected chi connectivity index (χ1v) is 11.1. The minimum Gasteiger partial charge on any atom is -0.489 e. The minimum absolute atomic E-state index is 0.0446. The number of nitriles is 1. The van der Waals surface area contributed by atoms with Gasteiger partial charge < -0.3 is 19.9 Å². The predicted octanol–water partition coefficient (Wildman–Crippen LogP) is 5.44. The lowest BCUT2D eigenvalue weighted by Crippen LogP contribution is -2.26. The summed E-state index contributed by atoms with van der Waals surface area (Å²) in [6, 6.07) is 15.3. The van der Waals surface area contributed by atoms with E-state index in [2.05, 4.69) is 37.9 Å². The number of nitrogens with zero attached hydrogens (tertiary/aromatic N) is 1. The van der Waals surface area contributed by atoms with Gasteiger partial charge in [-0.25, -0.2) is 4.79 Å². The zero-order chi connectivity index (χ0) is 22.5. The van der Waals surface area contributed by atoms with Crippen molar-refractivity contribution in [1.29, 1.82) is 5.26 Å². The van der Waals surface area contributed by atoms with E-state index in [0.29, 0.717) is 23.7 Å². The summed E-state index contributed by atoms with van der Waals surface area (Å²) in [5.74, 6) is -0.580. The zero-order valence-corrected chi connectivity index (χ0v) is 20.1. The Morgan fingerprint density at radius 2 is 1.87 bits per heavy atom. The van der Waals surface area contributed by atoms with Gasteiger partial charge in [-0.1, -0.05) is 44.0 Å². The van der Waals surface area contributed by atoms with Crippen LogP contribution < -0.4 is 10.5 Å². The number of halogens is 2. The van der Waals surface area contributed by atoms with Crippen LogP contribution in [0.5, 0.6) is 5.75 Å². The second-order valence-corrected chi connectivity index (χ2v) is 8.54. The first-order valence-electron chi connectivity index (χ1n) is 9.47. The van der Waals surface area contributed by atoms with E-state index in [1.807, 2.05) is 36.4 Å². The zero-order valence-electron chi connectivity index (χ0n) is 16.9. The first-order chi connectivity index (χ1) is 14.8. The van der Waals surface area contributed by atoms with Crippen LogP contribution in [0, 0.1) is 11.3 Å². The lowest BCUT2D eigenvalue weighted by Gasteiger charge is -2.28. The Balaban J connectivity index is 2.07. The SMILES string of the molecule is CCOC(=O)C1=C(C)OC(N)=C(C#N)C1c1cc(Br)ccc1OCc1ccc(Br)cc1. The Morgan fingerprint density at radius 1 is 1.19 bits per heavy atom. The van der Waals surface area contributed by atoms with E-state index in [-0.39, 0.29) is 23.6 Å². The standard InChI is InChI=1S/C23H20Br2N2O4/c1-3-29-23(28)20-13(2)31-22(27)18(11-26)21(20)17-10-16(25)8-9-19(17)30-12-14-4-6-15(24)7-5-14/h4-10,21H,3,12,27H2,1-2H3. The monoisotopic (exact) mass is 546 g/mol. The fourth-order valence-corrected chi connectivity index (χ4v) is 3.93. The van der Waals surface area contributed by atoms with Crippen molar-refractivity contribution in [2.45, 2.75) is 26.4 Å². The molecular formula is C23H20Br2N2O4. The van der Waals surface area contributed by atoms with Crippen molar-refractivity contribution in [3.8, 4) is 11.8 Å². The number of hydrogen-bond acceptors (Lipinski definition) is 6. The molecule has 1 heterocycles. The van der Waals surface area contributed by atoms with E-state index in [4.69, 9.17) is 19.9 Å². The van der Waals surface area contributed by atoms with Crippen LogP contribution in [0.1, 0.15) is 30.9 Å². The number of benzene rings is 2. The Bertz CT molecular complexity index is 1100. The lowest BCUT2D eigenvalue weighted by atomic mass is 9.82. The first kappa shape index (κ1) is 22.9. The summed E-state index contributed by atoms with van der Waals surface area (Å²) in [7, 11) is 0. The van der Waals surface area contributed by atoms with E-state index >= 15 is 0 Å². The topological polar surface area (TPSA) is 94.6 Å². The van der Waals surface area contributed by atoms with Crippen LogP contribution in [0.4, 0.5) is 0 Å². The van der Waals surface area contributed by atoms with Gasteiger partial charge in [-0.2, -0.15) is 5.26 Å². The molecule has 0 saturated carbocycles. The van der Waals surface area contributed by atoms with E-state index in [1.54, 1.807) is 19.9 Å². The average molecular weight is 548 g/mol. The van der Waals surface area contributed by atoms with Crippen LogP contribution in [0.3, 0.4) is 0 Å². The molecule has 0 spiro atoms. The van der Waals surface area contributed by atoms with Gasteiger partial charge in [-0.15, -0.1) is 0 Å². The molecule has 0 saturated heterocycles. The number of ether oxygens (including phenoxy) is 3. The highest BCUT2D eigenvalue weighted by atomic mass is 79.9. The second-order valence-electron chi connectivity index (χ2n) is 6.71. The Labute approximate surface area is 197 Å². The largest absolute Gasteiger partial charge is 0.489 e. The molecule has 1 unspecified atom stereocenters. The third kappa shape index (κ3) is 5.12. The molecule has 1 aliphatic rings. The van der Waals surface area contributed by atoms with Crippen LogP contribution in [0.2, 0.25) is 0 Å². The molecule has 0 amide bonds. The summed E-state index contributed by atoms with van der Waals surface area (Å²) in [5, 5.41) is 9.80. The molecule has 2 N–H and O–H groups in total. The molecule has 160 valence electrons. The van der Waals surface area contributed by atoms with Gasteiger partial charge in [0.25, 0.3) is 0 Å². The normalized spacial score (nSPS) is 15.9. The van der Waals surface area contributed by atoms with Gasteiger partial charge in [0.05, 0.1) is 18.1 Å². The maximum Gasteiger partial charge on any atom is 0.338 e. The van der Waals surface area contributed by atoms with Crippen molar-refractivity contribution >= 4 is 37.8 Å². The summed E-state index contributed by atoms with van der Waals surface area (Å²) in [6.45, 7) is 3.84. The molecule has 0 aliphatic carbocycles. The maximum absolute atomic E-state index is 12.8. The quantitative estimate of drug-likeness (QED) is 0.484. The molecule has 2 aromatic carbocycles. The van der Waals surface area contributed by atoms with E-state index < -0.39 is 11.9 Å². The molecule has 0 fully saturated rings. The number of hydrogen-bond donors (Lipinski definition) is 1. The highest BCUT2D eigenvalue weighted by Gasteiger charge is 2.38. The Kier molecular flexibility index (Phi) is 7.42. The fraction of sp³-hybridized carbons (Fsp3) is 0.217. The average Bonchev–Trinajstić information content (AvgIpc) is 2.73.